The number of fused-ring (bicyclic) bond motifs is 3. The molecular formula is C17H20O5. The fourth-order valence-corrected chi connectivity index (χ4v) is 3.20. The number of aryl methyl sites for hydroxylation is 1. The van der Waals surface area contributed by atoms with Gasteiger partial charge in [0.05, 0.1) is 6.10 Å². The molecule has 1 aliphatic rings. The molecule has 1 atom stereocenters. The summed E-state index contributed by atoms with van der Waals surface area (Å²) in [6, 6.07) is 3.59. The number of hydrogen-bond acceptors (Lipinski definition) is 4. The number of carbonyl (C=O) groups is 1. The first kappa shape index (κ1) is 14.9. The van der Waals surface area contributed by atoms with Gasteiger partial charge >= 0.3 is 5.97 Å². The molecule has 0 bridgehead atoms. The molecule has 0 radical (unpaired) electrons. The van der Waals surface area contributed by atoms with Crippen LogP contribution in [0.1, 0.15) is 55.0 Å². The molecule has 1 aromatic carbocycles. The zero-order valence-corrected chi connectivity index (χ0v) is 13.2. The quantitative estimate of drug-likeness (QED) is 0.925. The average molecular weight is 304 g/mol. The maximum atomic E-state index is 11.3. The molecule has 1 aliphatic heterocycles. The highest BCUT2D eigenvalue weighted by atomic mass is 16.5. The van der Waals surface area contributed by atoms with Crippen molar-refractivity contribution in [3.05, 3.63) is 29.0 Å². The molecule has 0 saturated carbocycles. The Morgan fingerprint density at radius 2 is 2.18 bits per heavy atom. The van der Waals surface area contributed by atoms with E-state index in [0.29, 0.717) is 24.2 Å². The summed E-state index contributed by atoms with van der Waals surface area (Å²) in [5.74, 6) is -0.348. The molecular weight excluding hydrogens is 284 g/mol. The Morgan fingerprint density at radius 1 is 1.45 bits per heavy atom. The van der Waals surface area contributed by atoms with Crippen molar-refractivity contribution in [3.63, 3.8) is 0 Å². The summed E-state index contributed by atoms with van der Waals surface area (Å²) in [4.78, 5) is 11.3. The van der Waals surface area contributed by atoms with Crippen molar-refractivity contribution in [1.29, 1.82) is 0 Å². The predicted molar refractivity (Wildman–Crippen MR) is 81.6 cm³/mol. The fourth-order valence-electron chi connectivity index (χ4n) is 3.20. The summed E-state index contributed by atoms with van der Waals surface area (Å²) in [5.41, 5.74) is 1.75. The van der Waals surface area contributed by atoms with E-state index in [9.17, 15) is 9.90 Å². The van der Waals surface area contributed by atoms with Crippen LogP contribution < -0.4 is 4.74 Å². The van der Waals surface area contributed by atoms with E-state index < -0.39 is 5.97 Å². The zero-order valence-electron chi connectivity index (χ0n) is 13.2. The van der Waals surface area contributed by atoms with Gasteiger partial charge in [0.25, 0.3) is 0 Å². The van der Waals surface area contributed by atoms with Crippen LogP contribution in [0.2, 0.25) is 0 Å². The minimum atomic E-state index is -1.06. The average Bonchev–Trinajstić information content (AvgIpc) is 2.75. The van der Waals surface area contributed by atoms with E-state index in [-0.39, 0.29) is 17.5 Å². The zero-order chi connectivity index (χ0) is 16.1. The molecule has 2 aromatic rings. The Bertz CT molecular complexity index is 741. The lowest BCUT2D eigenvalue weighted by atomic mass is 9.88. The molecule has 0 fully saturated rings. The van der Waals surface area contributed by atoms with E-state index in [4.69, 9.17) is 13.9 Å². The van der Waals surface area contributed by atoms with E-state index in [1.54, 1.807) is 13.0 Å². The van der Waals surface area contributed by atoms with Crippen LogP contribution in [-0.2, 0) is 4.74 Å². The van der Waals surface area contributed by atoms with Crippen LogP contribution in [-0.4, -0.2) is 23.3 Å². The lowest BCUT2D eigenvalue weighted by Gasteiger charge is -2.37. The van der Waals surface area contributed by atoms with Gasteiger partial charge in [-0.25, -0.2) is 4.79 Å². The largest absolute Gasteiger partial charge is 0.487 e. The van der Waals surface area contributed by atoms with Gasteiger partial charge in [0, 0.05) is 29.5 Å². The Labute approximate surface area is 128 Å². The topological polar surface area (TPSA) is 68.9 Å². The molecule has 0 amide bonds. The van der Waals surface area contributed by atoms with Gasteiger partial charge in [-0.1, -0.05) is 0 Å². The molecule has 0 spiro atoms. The molecule has 22 heavy (non-hydrogen) atoms. The van der Waals surface area contributed by atoms with Crippen LogP contribution >= 0.6 is 0 Å². The highest BCUT2D eigenvalue weighted by Crippen LogP contribution is 2.46. The SMILES string of the molecule is CCO[C@H]1CC(C)(C)Oc2ccc3oc(C(=O)O)c(C)c3c21. The number of furan rings is 1. The fraction of sp³-hybridized carbons (Fsp3) is 0.471. The molecule has 0 unspecified atom stereocenters. The summed E-state index contributed by atoms with van der Waals surface area (Å²) in [6.07, 6.45) is 0.574. The Morgan fingerprint density at radius 3 is 2.82 bits per heavy atom. The van der Waals surface area contributed by atoms with Crippen molar-refractivity contribution in [2.45, 2.75) is 45.8 Å². The molecule has 2 heterocycles. The highest BCUT2D eigenvalue weighted by Gasteiger charge is 2.37. The van der Waals surface area contributed by atoms with Crippen molar-refractivity contribution in [2.24, 2.45) is 0 Å². The maximum absolute atomic E-state index is 11.3. The van der Waals surface area contributed by atoms with Gasteiger partial charge in [0.15, 0.2) is 0 Å². The molecule has 1 aromatic heterocycles. The monoisotopic (exact) mass is 304 g/mol. The second-order valence-corrected chi connectivity index (χ2v) is 6.22. The van der Waals surface area contributed by atoms with Crippen LogP contribution in [0.5, 0.6) is 5.75 Å². The highest BCUT2D eigenvalue weighted by molar-refractivity contribution is 5.97. The maximum Gasteiger partial charge on any atom is 0.372 e. The summed E-state index contributed by atoms with van der Waals surface area (Å²) in [5, 5.41) is 10.1. The van der Waals surface area contributed by atoms with Gasteiger partial charge in [-0.3, -0.25) is 0 Å². The second-order valence-electron chi connectivity index (χ2n) is 6.22. The van der Waals surface area contributed by atoms with Gasteiger partial charge in [-0.15, -0.1) is 0 Å². The van der Waals surface area contributed by atoms with Crippen molar-refractivity contribution in [2.75, 3.05) is 6.61 Å². The van der Waals surface area contributed by atoms with Crippen LogP contribution in [0.25, 0.3) is 11.0 Å². The number of carboxylic acids is 1. The number of aromatic carboxylic acids is 1. The third-order valence-electron chi connectivity index (χ3n) is 4.04. The molecule has 5 nitrogen and oxygen atoms in total. The summed E-state index contributed by atoms with van der Waals surface area (Å²) < 4.78 is 17.5. The molecule has 5 heteroatoms. The minimum Gasteiger partial charge on any atom is -0.487 e. The van der Waals surface area contributed by atoms with Gasteiger partial charge in [-0.05, 0) is 39.8 Å². The number of hydrogen-bond donors (Lipinski definition) is 1. The number of rotatable bonds is 3. The Hall–Kier alpha value is -2.01. The Kier molecular flexibility index (Phi) is 3.40. The van der Waals surface area contributed by atoms with Crippen molar-refractivity contribution >= 4 is 16.9 Å². The van der Waals surface area contributed by atoms with E-state index in [1.807, 2.05) is 26.8 Å². The number of carboxylic acid groups (broad SMARTS) is 1. The predicted octanol–water partition coefficient (Wildman–Crippen LogP) is 4.08. The summed E-state index contributed by atoms with van der Waals surface area (Å²) >= 11 is 0. The van der Waals surface area contributed by atoms with Crippen molar-refractivity contribution in [1.82, 2.24) is 0 Å². The van der Waals surface area contributed by atoms with Gasteiger partial charge in [0.2, 0.25) is 5.76 Å². The smallest absolute Gasteiger partial charge is 0.372 e. The number of ether oxygens (including phenoxy) is 2. The first-order valence-electron chi connectivity index (χ1n) is 7.44. The van der Waals surface area contributed by atoms with E-state index in [0.717, 1.165) is 16.7 Å². The third kappa shape index (κ3) is 2.25. The number of benzene rings is 1. The van der Waals surface area contributed by atoms with Crippen molar-refractivity contribution < 1.29 is 23.8 Å². The van der Waals surface area contributed by atoms with E-state index in [1.165, 1.54) is 0 Å². The lowest BCUT2D eigenvalue weighted by molar-refractivity contribution is -0.0264. The minimum absolute atomic E-state index is 0.0246. The molecule has 118 valence electrons. The third-order valence-corrected chi connectivity index (χ3v) is 4.04. The molecule has 0 aliphatic carbocycles. The molecule has 1 N–H and O–H groups in total. The first-order chi connectivity index (χ1) is 10.3. The van der Waals surface area contributed by atoms with Crippen LogP contribution in [0.3, 0.4) is 0 Å². The van der Waals surface area contributed by atoms with Crippen molar-refractivity contribution in [3.8, 4) is 5.75 Å². The Balaban J connectivity index is 2.27. The normalized spacial score (nSPS) is 19.7. The van der Waals surface area contributed by atoms with E-state index in [2.05, 4.69) is 0 Å². The second kappa shape index (κ2) is 5.02. The van der Waals surface area contributed by atoms with Gasteiger partial charge in [0.1, 0.15) is 16.9 Å². The first-order valence-corrected chi connectivity index (χ1v) is 7.44. The molecule has 3 rings (SSSR count). The van der Waals surface area contributed by atoms with Crippen LogP contribution in [0, 0.1) is 6.92 Å². The lowest BCUT2D eigenvalue weighted by Crippen LogP contribution is -2.35. The summed E-state index contributed by atoms with van der Waals surface area (Å²) in [7, 11) is 0. The summed E-state index contributed by atoms with van der Waals surface area (Å²) in [6.45, 7) is 8.35. The van der Waals surface area contributed by atoms with Crippen LogP contribution in [0.4, 0.5) is 0 Å². The van der Waals surface area contributed by atoms with Gasteiger partial charge < -0.3 is 19.0 Å². The standard InChI is InChI=1S/C17H20O5/c1-5-20-12-8-17(3,4)22-11-7-6-10-13(14(11)12)9(2)15(21-10)16(18)19/h6-7,12H,5,8H2,1-4H3,(H,18,19)/t12-/m0/s1. The molecule has 0 saturated heterocycles. The van der Waals surface area contributed by atoms with Gasteiger partial charge in [-0.2, -0.15) is 0 Å². The van der Waals surface area contributed by atoms with Crippen LogP contribution in [0.15, 0.2) is 16.5 Å². The van der Waals surface area contributed by atoms with E-state index >= 15 is 0 Å².